The summed E-state index contributed by atoms with van der Waals surface area (Å²) in [5, 5.41) is 22.9. The van der Waals surface area contributed by atoms with Crippen LogP contribution < -0.4 is 16.0 Å². The van der Waals surface area contributed by atoms with Gasteiger partial charge in [0.1, 0.15) is 18.4 Å². The van der Waals surface area contributed by atoms with Crippen molar-refractivity contribution >= 4 is 17.9 Å². The Bertz CT molecular complexity index is 1260. The number of nitrogens with zero attached hydrogens (tertiary/aromatic N) is 3. The Kier molecular flexibility index (Phi) is 11.5. The van der Waals surface area contributed by atoms with Crippen molar-refractivity contribution in [2.45, 2.75) is 135 Å². The zero-order valence-corrected chi connectivity index (χ0v) is 30.8. The molecule has 6 aliphatic rings. The summed E-state index contributed by atoms with van der Waals surface area (Å²) in [5.74, 6) is -1.62. The fourth-order valence-electron chi connectivity index (χ4n) is 10.2. The molecule has 13 unspecified atom stereocenters. The summed E-state index contributed by atoms with van der Waals surface area (Å²) in [6.07, 6.45) is 0.171. The van der Waals surface area contributed by atoms with Gasteiger partial charge in [0.15, 0.2) is 0 Å². The van der Waals surface area contributed by atoms with E-state index in [1.807, 2.05) is 4.90 Å². The molecule has 0 aromatic heterocycles. The van der Waals surface area contributed by atoms with Crippen LogP contribution in [0.2, 0.25) is 0 Å². The normalized spacial score (nSPS) is 42.8. The second-order valence-corrected chi connectivity index (χ2v) is 16.6. The highest BCUT2D eigenvalue weighted by Crippen LogP contribution is 2.45. The van der Waals surface area contributed by atoms with Gasteiger partial charge in [0.25, 0.3) is 0 Å². The first-order chi connectivity index (χ1) is 23.8. The van der Waals surface area contributed by atoms with E-state index >= 15 is 4.39 Å². The van der Waals surface area contributed by atoms with Gasteiger partial charge in [-0.25, -0.2) is 9.18 Å². The summed E-state index contributed by atoms with van der Waals surface area (Å²) >= 11 is 0. The second-order valence-electron chi connectivity index (χ2n) is 16.6. The number of aliphatic hydroxyl groups is 1. The molecule has 1 aliphatic carbocycles. The predicted octanol–water partition coefficient (Wildman–Crippen LogP) is 2.47. The van der Waals surface area contributed by atoms with Crippen LogP contribution in [0, 0.1) is 35.5 Å². The van der Waals surface area contributed by atoms with E-state index < -0.39 is 54.5 Å². The Hall–Kier alpha value is -2.32. The Balaban J connectivity index is 1.44. The van der Waals surface area contributed by atoms with Crippen LogP contribution in [0.15, 0.2) is 12.7 Å². The number of piperidine rings is 2. The largest absolute Gasteiger partial charge is 0.459 e. The number of esters is 1. The van der Waals surface area contributed by atoms with Gasteiger partial charge in [0.2, 0.25) is 5.91 Å². The number of rotatable bonds is 5. The van der Waals surface area contributed by atoms with E-state index in [0.29, 0.717) is 51.9 Å². The summed E-state index contributed by atoms with van der Waals surface area (Å²) in [6, 6.07) is -1.09. The van der Waals surface area contributed by atoms with E-state index in [1.165, 1.54) is 6.08 Å². The van der Waals surface area contributed by atoms with Crippen LogP contribution in [0.1, 0.15) is 73.6 Å². The van der Waals surface area contributed by atoms with Crippen molar-refractivity contribution in [3.8, 4) is 0 Å². The van der Waals surface area contributed by atoms with E-state index in [-0.39, 0.29) is 66.5 Å². The Labute approximate surface area is 297 Å². The number of piperazine rings is 1. The molecule has 5 aliphatic heterocycles. The molecule has 1 saturated carbocycles. The van der Waals surface area contributed by atoms with Gasteiger partial charge in [0.05, 0.1) is 37.0 Å². The first-order valence-electron chi connectivity index (χ1n) is 19.2. The molecule has 2 bridgehead atoms. The van der Waals surface area contributed by atoms with Crippen molar-refractivity contribution in [1.82, 2.24) is 30.7 Å². The number of hydrogen-bond donors (Lipinski definition) is 4. The molecule has 50 heavy (non-hydrogen) atoms. The highest BCUT2D eigenvalue weighted by Gasteiger charge is 2.58. The van der Waals surface area contributed by atoms with Crippen LogP contribution in [0.3, 0.4) is 0 Å². The molecule has 0 radical (unpaired) electrons. The van der Waals surface area contributed by atoms with Crippen molar-refractivity contribution in [3.05, 3.63) is 12.7 Å². The Morgan fingerprint density at radius 3 is 2.54 bits per heavy atom. The zero-order valence-electron chi connectivity index (χ0n) is 30.8. The van der Waals surface area contributed by atoms with E-state index in [2.05, 4.69) is 55.1 Å². The van der Waals surface area contributed by atoms with E-state index in [4.69, 9.17) is 9.47 Å². The van der Waals surface area contributed by atoms with E-state index in [1.54, 1.807) is 18.7 Å². The Morgan fingerprint density at radius 1 is 1.10 bits per heavy atom. The lowest BCUT2D eigenvalue weighted by Crippen LogP contribution is -2.80. The number of halogens is 1. The number of hydrogen-bond acceptors (Lipinski definition) is 9. The molecule has 0 spiro atoms. The van der Waals surface area contributed by atoms with Gasteiger partial charge in [-0.3, -0.25) is 19.8 Å². The van der Waals surface area contributed by atoms with Gasteiger partial charge in [-0.05, 0) is 63.5 Å². The lowest BCUT2D eigenvalue weighted by atomic mass is 9.69. The molecule has 12 nitrogen and oxygen atoms in total. The standard InChI is InChI=1S/C37H61FN6O6/c1-8-28(46)42-14-15-43(22(7)17-42)34-24-16-21(6)31-29-25(38)10-9-11-27(29)49-18-26(45)33(50-36(47)20(4)5)23-12-13-39-30(19(2)3)32(23)44(35(24)40-31)37(48)41-34/h8,19-27,29-35,39-40,45H,1,9-18H2,2-7H3,(H,41,48)/t21?,22-,23?,24?,25?,26?,27?,29?,30?,31?,32?,33?,34?,35?/m0/s1. The first-order valence-corrected chi connectivity index (χ1v) is 19.2. The summed E-state index contributed by atoms with van der Waals surface area (Å²) in [4.78, 5) is 46.7. The number of fused-ring (bicyclic) bond motifs is 5. The van der Waals surface area contributed by atoms with Gasteiger partial charge in [-0.15, -0.1) is 0 Å². The predicted molar refractivity (Wildman–Crippen MR) is 186 cm³/mol. The van der Waals surface area contributed by atoms with Gasteiger partial charge < -0.3 is 35.0 Å². The number of nitrogens with one attached hydrogen (secondary N) is 3. The smallest absolute Gasteiger partial charge is 0.320 e. The number of aliphatic hydroxyl groups excluding tert-OH is 1. The number of urea groups is 1. The molecular weight excluding hydrogens is 643 g/mol. The number of carbonyl (C=O) groups is 3. The monoisotopic (exact) mass is 704 g/mol. The summed E-state index contributed by atoms with van der Waals surface area (Å²) in [7, 11) is 0. The van der Waals surface area contributed by atoms with Crippen molar-refractivity contribution in [1.29, 1.82) is 0 Å². The van der Waals surface area contributed by atoms with Crippen LogP contribution in [0.4, 0.5) is 9.18 Å². The molecule has 0 aromatic carbocycles. The molecule has 5 heterocycles. The maximum Gasteiger partial charge on any atom is 0.320 e. The minimum absolute atomic E-state index is 0.0161. The fourth-order valence-corrected chi connectivity index (χ4v) is 10.2. The van der Waals surface area contributed by atoms with Crippen molar-refractivity contribution in [2.75, 3.05) is 32.8 Å². The molecule has 6 fully saturated rings. The molecule has 0 aromatic rings. The third-order valence-electron chi connectivity index (χ3n) is 12.7. The van der Waals surface area contributed by atoms with Crippen molar-refractivity contribution in [2.24, 2.45) is 35.5 Å². The maximum absolute atomic E-state index is 16.2. The van der Waals surface area contributed by atoms with Crippen molar-refractivity contribution < 1.29 is 33.4 Å². The molecule has 4 N–H and O–H groups in total. The van der Waals surface area contributed by atoms with Crippen LogP contribution >= 0.6 is 0 Å². The number of carbonyl (C=O) groups excluding carboxylic acids is 3. The van der Waals surface area contributed by atoms with Crippen molar-refractivity contribution in [3.63, 3.8) is 0 Å². The topological polar surface area (TPSA) is 136 Å². The first kappa shape index (κ1) is 37.4. The third kappa shape index (κ3) is 7.06. The molecule has 13 heteroatoms. The average Bonchev–Trinajstić information content (AvgIpc) is 3.08. The van der Waals surface area contributed by atoms with Crippen LogP contribution in [-0.2, 0) is 19.1 Å². The quantitative estimate of drug-likeness (QED) is 0.252. The lowest BCUT2D eigenvalue weighted by molar-refractivity contribution is -0.182. The lowest BCUT2D eigenvalue weighted by Gasteiger charge is -2.61. The number of amides is 3. The molecule has 3 amide bonds. The highest BCUT2D eigenvalue weighted by atomic mass is 19.1. The molecule has 14 atom stereocenters. The summed E-state index contributed by atoms with van der Waals surface area (Å²) in [6.45, 7) is 18.0. The summed E-state index contributed by atoms with van der Waals surface area (Å²) in [5.41, 5.74) is 0. The van der Waals surface area contributed by atoms with E-state index in [0.717, 1.165) is 6.42 Å². The average molecular weight is 705 g/mol. The Morgan fingerprint density at radius 2 is 1.86 bits per heavy atom. The van der Waals surface area contributed by atoms with Crippen LogP contribution in [-0.4, -0.2) is 131 Å². The van der Waals surface area contributed by atoms with Gasteiger partial charge in [-0.1, -0.05) is 41.2 Å². The minimum atomic E-state index is -1.15. The van der Waals surface area contributed by atoms with Gasteiger partial charge in [0, 0.05) is 55.5 Å². The van der Waals surface area contributed by atoms with Crippen LogP contribution in [0.5, 0.6) is 0 Å². The fraction of sp³-hybridized carbons (Fsp3) is 0.865. The van der Waals surface area contributed by atoms with Crippen LogP contribution in [0.25, 0.3) is 0 Å². The SMILES string of the molecule is C=CC(=O)N1CCN(C2NC(=O)N3C4NC(C(C)CC42)C2C(F)CCCC2OCC(O)C(OC(=O)C(C)C)C2CCNC(C(C)C)C23)[C@@H](C)C1. The molecule has 6 rings (SSSR count). The number of ether oxygens (including phenoxy) is 2. The third-order valence-corrected chi connectivity index (χ3v) is 12.7. The second kappa shape index (κ2) is 15.3. The summed E-state index contributed by atoms with van der Waals surface area (Å²) < 4.78 is 28.9. The molecule has 282 valence electrons. The van der Waals surface area contributed by atoms with E-state index in [9.17, 15) is 19.5 Å². The van der Waals surface area contributed by atoms with Gasteiger partial charge >= 0.3 is 12.0 Å². The molecule has 5 saturated heterocycles. The zero-order chi connectivity index (χ0) is 36.0. The minimum Gasteiger partial charge on any atom is -0.459 e. The maximum atomic E-state index is 16.2. The number of alkyl halides is 1. The molecular formula is C37H61FN6O6. The highest BCUT2D eigenvalue weighted by molar-refractivity contribution is 5.87. The van der Waals surface area contributed by atoms with Gasteiger partial charge in [-0.2, -0.15) is 0 Å².